The second kappa shape index (κ2) is 6.11. The fourth-order valence-electron chi connectivity index (χ4n) is 1.93. The molecule has 0 aromatic heterocycles. The van der Waals surface area contributed by atoms with Gasteiger partial charge in [-0.15, -0.1) is 0 Å². The Bertz CT molecular complexity index is 598. The SMILES string of the molecule is O=C(O)CCN(Cc1cccc(Cl)c1)S(=O)(=O)C1CC1. The summed E-state index contributed by atoms with van der Waals surface area (Å²) in [4.78, 5) is 10.7. The van der Waals surface area contributed by atoms with Gasteiger partial charge in [-0.1, -0.05) is 23.7 Å². The van der Waals surface area contributed by atoms with Crippen molar-refractivity contribution in [2.24, 2.45) is 0 Å². The summed E-state index contributed by atoms with van der Waals surface area (Å²) in [6.45, 7) is 0.146. The number of carboxylic acid groups (broad SMARTS) is 1. The molecule has 0 atom stereocenters. The summed E-state index contributed by atoms with van der Waals surface area (Å²) in [6, 6.07) is 6.93. The number of carbonyl (C=O) groups is 1. The molecular formula is C13H16ClNO4S. The number of aliphatic carboxylic acids is 1. The molecule has 0 heterocycles. The van der Waals surface area contributed by atoms with E-state index in [9.17, 15) is 13.2 Å². The highest BCUT2D eigenvalue weighted by molar-refractivity contribution is 7.90. The molecule has 5 nitrogen and oxygen atoms in total. The van der Waals surface area contributed by atoms with Crippen LogP contribution in [-0.2, 0) is 21.4 Å². The van der Waals surface area contributed by atoms with Crippen LogP contribution in [0.4, 0.5) is 0 Å². The fourth-order valence-corrected chi connectivity index (χ4v) is 3.97. The summed E-state index contributed by atoms with van der Waals surface area (Å²) >= 11 is 5.88. The smallest absolute Gasteiger partial charge is 0.304 e. The Morgan fingerprint density at radius 1 is 1.40 bits per heavy atom. The molecule has 1 fully saturated rings. The van der Waals surface area contributed by atoms with E-state index in [1.54, 1.807) is 24.3 Å². The van der Waals surface area contributed by atoms with Crippen LogP contribution in [0.3, 0.4) is 0 Å². The minimum atomic E-state index is -3.41. The molecule has 1 aliphatic carbocycles. The van der Waals surface area contributed by atoms with Crippen molar-refractivity contribution in [2.75, 3.05) is 6.54 Å². The molecule has 20 heavy (non-hydrogen) atoms. The highest BCUT2D eigenvalue weighted by Gasteiger charge is 2.40. The third-order valence-corrected chi connectivity index (χ3v) is 5.71. The summed E-state index contributed by atoms with van der Waals surface area (Å²) in [7, 11) is -3.41. The Morgan fingerprint density at radius 2 is 2.10 bits per heavy atom. The number of halogens is 1. The lowest BCUT2D eigenvalue weighted by Gasteiger charge is -2.21. The lowest BCUT2D eigenvalue weighted by atomic mass is 10.2. The second-order valence-corrected chi connectivity index (χ2v) is 7.50. The Labute approximate surface area is 123 Å². The Balaban J connectivity index is 2.15. The first-order valence-electron chi connectivity index (χ1n) is 6.35. The molecule has 0 radical (unpaired) electrons. The minimum Gasteiger partial charge on any atom is -0.481 e. The van der Waals surface area contributed by atoms with Crippen LogP contribution < -0.4 is 0 Å². The van der Waals surface area contributed by atoms with Gasteiger partial charge in [0.1, 0.15) is 0 Å². The van der Waals surface area contributed by atoms with Gasteiger partial charge >= 0.3 is 5.97 Å². The number of sulfonamides is 1. The molecule has 0 unspecified atom stereocenters. The largest absolute Gasteiger partial charge is 0.481 e. The van der Waals surface area contributed by atoms with Crippen LogP contribution >= 0.6 is 11.6 Å². The quantitative estimate of drug-likeness (QED) is 0.835. The Hall–Kier alpha value is -1.11. The Kier molecular flexibility index (Phi) is 4.67. The maximum atomic E-state index is 12.3. The first-order chi connectivity index (χ1) is 9.39. The maximum absolute atomic E-state index is 12.3. The topological polar surface area (TPSA) is 74.7 Å². The van der Waals surface area contributed by atoms with Gasteiger partial charge in [-0.2, -0.15) is 4.31 Å². The minimum absolute atomic E-state index is 0.0132. The summed E-state index contributed by atoms with van der Waals surface area (Å²) < 4.78 is 25.8. The first kappa shape index (κ1) is 15.3. The fraction of sp³-hybridized carbons (Fsp3) is 0.462. The van der Waals surface area contributed by atoms with Crippen molar-refractivity contribution in [3.8, 4) is 0 Å². The van der Waals surface area contributed by atoms with Crippen molar-refractivity contribution < 1.29 is 18.3 Å². The molecule has 0 spiro atoms. The second-order valence-electron chi connectivity index (χ2n) is 4.85. The van der Waals surface area contributed by atoms with Crippen LogP contribution in [0, 0.1) is 0 Å². The number of hydrogen-bond acceptors (Lipinski definition) is 3. The van der Waals surface area contributed by atoms with Crippen molar-refractivity contribution in [1.82, 2.24) is 4.31 Å². The predicted molar refractivity (Wildman–Crippen MR) is 76.1 cm³/mol. The monoisotopic (exact) mass is 317 g/mol. The molecule has 0 saturated heterocycles. The molecule has 1 saturated carbocycles. The highest BCUT2D eigenvalue weighted by atomic mass is 35.5. The standard InChI is InChI=1S/C13H16ClNO4S/c14-11-3-1-2-10(8-11)9-15(7-6-13(16)17)20(18,19)12-4-5-12/h1-3,8,12H,4-7,9H2,(H,16,17). The van der Waals surface area contributed by atoms with E-state index in [-0.39, 0.29) is 24.8 Å². The Morgan fingerprint density at radius 3 is 2.65 bits per heavy atom. The molecule has 0 amide bonds. The lowest BCUT2D eigenvalue weighted by molar-refractivity contribution is -0.137. The zero-order valence-electron chi connectivity index (χ0n) is 10.8. The van der Waals surface area contributed by atoms with Crippen molar-refractivity contribution in [1.29, 1.82) is 0 Å². The number of nitrogens with zero attached hydrogens (tertiary/aromatic N) is 1. The number of rotatable bonds is 7. The normalized spacial score (nSPS) is 15.5. The highest BCUT2D eigenvalue weighted by Crippen LogP contribution is 2.32. The van der Waals surface area contributed by atoms with E-state index in [1.807, 2.05) is 0 Å². The van der Waals surface area contributed by atoms with Gasteiger partial charge in [-0.25, -0.2) is 8.42 Å². The van der Waals surface area contributed by atoms with E-state index in [1.165, 1.54) is 4.31 Å². The number of carboxylic acids is 1. The zero-order valence-corrected chi connectivity index (χ0v) is 12.4. The molecule has 2 rings (SSSR count). The van der Waals surface area contributed by atoms with Crippen LogP contribution in [-0.4, -0.2) is 35.6 Å². The summed E-state index contributed by atoms with van der Waals surface area (Å²) in [6.07, 6.45) is 1.11. The molecule has 0 bridgehead atoms. The molecule has 0 aliphatic heterocycles. The first-order valence-corrected chi connectivity index (χ1v) is 8.23. The van der Waals surface area contributed by atoms with Crippen LogP contribution in [0.2, 0.25) is 5.02 Å². The van der Waals surface area contributed by atoms with Crippen molar-refractivity contribution in [3.05, 3.63) is 34.9 Å². The van der Waals surface area contributed by atoms with E-state index in [0.29, 0.717) is 17.9 Å². The van der Waals surface area contributed by atoms with Crippen molar-refractivity contribution >= 4 is 27.6 Å². The van der Waals surface area contributed by atoms with Crippen LogP contribution in [0.15, 0.2) is 24.3 Å². The van der Waals surface area contributed by atoms with Gasteiger partial charge in [-0.3, -0.25) is 4.79 Å². The van der Waals surface area contributed by atoms with Gasteiger partial charge in [0, 0.05) is 18.1 Å². The molecule has 110 valence electrons. The number of hydrogen-bond donors (Lipinski definition) is 1. The third kappa shape index (κ3) is 3.94. The van der Waals surface area contributed by atoms with Gasteiger partial charge in [0.15, 0.2) is 0 Å². The summed E-state index contributed by atoms with van der Waals surface area (Å²) in [5.74, 6) is -1.01. The predicted octanol–water partition coefficient (Wildman–Crippen LogP) is 2.11. The molecule has 1 aromatic carbocycles. The van der Waals surface area contributed by atoms with Crippen molar-refractivity contribution in [2.45, 2.75) is 31.1 Å². The van der Waals surface area contributed by atoms with E-state index >= 15 is 0 Å². The molecule has 1 aliphatic rings. The number of benzene rings is 1. The van der Waals surface area contributed by atoms with Crippen LogP contribution in [0.5, 0.6) is 0 Å². The average Bonchev–Trinajstić information content (AvgIpc) is 3.18. The average molecular weight is 318 g/mol. The van der Waals surface area contributed by atoms with E-state index in [4.69, 9.17) is 16.7 Å². The lowest BCUT2D eigenvalue weighted by Crippen LogP contribution is -2.35. The van der Waals surface area contributed by atoms with Gasteiger partial charge in [0.25, 0.3) is 0 Å². The molecular weight excluding hydrogens is 302 g/mol. The van der Waals surface area contributed by atoms with Crippen LogP contribution in [0.25, 0.3) is 0 Å². The molecule has 1 N–H and O–H groups in total. The van der Waals surface area contributed by atoms with Gasteiger partial charge in [0.05, 0.1) is 11.7 Å². The third-order valence-electron chi connectivity index (χ3n) is 3.13. The zero-order chi connectivity index (χ0) is 14.8. The van der Waals surface area contributed by atoms with Gasteiger partial charge < -0.3 is 5.11 Å². The van der Waals surface area contributed by atoms with E-state index in [2.05, 4.69) is 0 Å². The van der Waals surface area contributed by atoms with Gasteiger partial charge in [-0.05, 0) is 30.5 Å². The molecule has 1 aromatic rings. The maximum Gasteiger partial charge on any atom is 0.304 e. The molecule has 7 heteroatoms. The summed E-state index contributed by atoms with van der Waals surface area (Å²) in [5, 5.41) is 8.93. The van der Waals surface area contributed by atoms with E-state index < -0.39 is 16.0 Å². The summed E-state index contributed by atoms with van der Waals surface area (Å²) in [5.41, 5.74) is 0.757. The van der Waals surface area contributed by atoms with E-state index in [0.717, 1.165) is 5.56 Å². The van der Waals surface area contributed by atoms with Crippen LogP contribution in [0.1, 0.15) is 24.8 Å². The van der Waals surface area contributed by atoms with Gasteiger partial charge in [0.2, 0.25) is 10.0 Å². The van der Waals surface area contributed by atoms with Crippen molar-refractivity contribution in [3.63, 3.8) is 0 Å².